The van der Waals surface area contributed by atoms with Crippen molar-refractivity contribution >= 4 is 68.1 Å². The molecule has 5 aliphatic rings. The van der Waals surface area contributed by atoms with Gasteiger partial charge in [0.2, 0.25) is 0 Å². The second kappa shape index (κ2) is 20.2. The summed E-state index contributed by atoms with van der Waals surface area (Å²) in [6.45, 7) is 33.7. The van der Waals surface area contributed by atoms with Crippen LogP contribution in [0.1, 0.15) is 170 Å². The van der Waals surface area contributed by atoms with Gasteiger partial charge in [-0.15, -0.1) is 0 Å². The van der Waals surface area contributed by atoms with Crippen molar-refractivity contribution in [3.05, 3.63) is 285 Å². The number of allylic oxidation sites excluding steroid dienone is 6. The van der Waals surface area contributed by atoms with E-state index in [2.05, 4.69) is 286 Å². The van der Waals surface area contributed by atoms with E-state index in [4.69, 9.17) is 4.42 Å². The third-order valence-corrected chi connectivity index (χ3v) is 20.1. The van der Waals surface area contributed by atoms with Gasteiger partial charge in [0, 0.05) is 44.1 Å². The fraction of sp³-hybridized carbons (Fsp3) is 0.238. The molecule has 9 aromatic carbocycles. The fourth-order valence-corrected chi connectivity index (χ4v) is 16.1. The van der Waals surface area contributed by atoms with Crippen LogP contribution in [0.4, 0.5) is 28.4 Å². The molecule has 15 rings (SSSR count). The molecule has 438 valence electrons. The summed E-state index contributed by atoms with van der Waals surface area (Å²) in [4.78, 5) is 4.84. The summed E-state index contributed by atoms with van der Waals surface area (Å²) in [5.41, 5.74) is 28.2. The zero-order chi connectivity index (χ0) is 61.6. The van der Waals surface area contributed by atoms with Crippen molar-refractivity contribution in [2.24, 2.45) is 0 Å². The van der Waals surface area contributed by atoms with Gasteiger partial charge >= 0.3 is 0 Å². The molecule has 5 aliphatic carbocycles. The summed E-state index contributed by atoms with van der Waals surface area (Å²) in [5.74, 6) is 0.189. The smallest absolute Gasteiger partial charge is 0.159 e. The maximum Gasteiger partial charge on any atom is 0.159 e. The van der Waals surface area contributed by atoms with Gasteiger partial charge in [-0.25, -0.2) is 0 Å². The summed E-state index contributed by atoms with van der Waals surface area (Å²) in [5, 5.41) is 14.3. The Kier molecular flexibility index (Phi) is 13.0. The molecule has 4 nitrogen and oxygen atoms in total. The normalized spacial score (nSPS) is 16.1. The zero-order valence-electron chi connectivity index (χ0n) is 53.5. The topological polar surface area (TPSA) is 39.9 Å². The van der Waals surface area contributed by atoms with Crippen molar-refractivity contribution in [1.29, 1.82) is 0 Å². The summed E-state index contributed by atoms with van der Waals surface area (Å²) in [6, 6.07) is 66.1. The summed E-state index contributed by atoms with van der Waals surface area (Å²) in [6.07, 6.45) is 13.7. The minimum Gasteiger partial charge on any atom is -0.510 e. The van der Waals surface area contributed by atoms with Gasteiger partial charge in [-0.1, -0.05) is 247 Å². The van der Waals surface area contributed by atoms with Crippen LogP contribution in [0.2, 0.25) is 0 Å². The number of aliphatic hydroxyl groups is 1. The van der Waals surface area contributed by atoms with Crippen LogP contribution in [0.15, 0.2) is 222 Å². The van der Waals surface area contributed by atoms with E-state index in [1.807, 2.05) is 19.9 Å². The molecule has 0 atom stereocenters. The van der Waals surface area contributed by atoms with Crippen LogP contribution >= 0.6 is 0 Å². The van der Waals surface area contributed by atoms with Crippen molar-refractivity contribution in [2.45, 2.75) is 130 Å². The van der Waals surface area contributed by atoms with Gasteiger partial charge in [-0.3, -0.25) is 0 Å². The van der Waals surface area contributed by atoms with Gasteiger partial charge in [0.1, 0.15) is 11.3 Å². The highest BCUT2D eigenvalue weighted by Gasteiger charge is 2.54. The van der Waals surface area contributed by atoms with Crippen molar-refractivity contribution in [3.8, 4) is 22.3 Å². The summed E-state index contributed by atoms with van der Waals surface area (Å²) >= 11 is 0. The molecule has 1 spiro atoms. The second-order valence-corrected chi connectivity index (χ2v) is 27.7. The fourth-order valence-electron chi connectivity index (χ4n) is 16.1. The molecule has 1 heterocycles. The van der Waals surface area contributed by atoms with Crippen molar-refractivity contribution in [3.63, 3.8) is 0 Å². The number of rotatable bonds is 7. The molecule has 0 saturated heterocycles. The van der Waals surface area contributed by atoms with E-state index in [1.54, 1.807) is 6.92 Å². The number of fused-ring (bicyclic) bond motifs is 19. The lowest BCUT2D eigenvalue weighted by molar-refractivity contribution is 0.408. The predicted molar refractivity (Wildman–Crippen MR) is 373 cm³/mol. The number of benzene rings is 9. The maximum atomic E-state index is 12.1. The number of para-hydroxylation sites is 2. The SMILES string of the molecule is C=C/C(=C(\C)O)N(c1ccc(C(C)(C)C)cc1)c1cc2c(c3c1-c1ccccc1C3(C)C)C=Cc1c(cc(N(c3ccc(C(C)(C)C)cc3)c3cccc4c3oc3ccccc34)c3c1C(C)(C)C1=C3C=CCC1)C21c2ccccc2-c2ccccc21.CC. The Labute approximate surface area is 521 Å². The maximum absolute atomic E-state index is 12.1. The zero-order valence-corrected chi connectivity index (χ0v) is 53.5. The van der Waals surface area contributed by atoms with Crippen LogP contribution < -0.4 is 9.80 Å². The molecule has 1 aromatic heterocycles. The molecule has 0 saturated carbocycles. The lowest BCUT2D eigenvalue weighted by Gasteiger charge is -2.41. The molecule has 0 bridgehead atoms. The van der Waals surface area contributed by atoms with Crippen molar-refractivity contribution in [2.75, 3.05) is 9.80 Å². The molecule has 0 aliphatic heterocycles. The largest absolute Gasteiger partial charge is 0.510 e. The van der Waals surface area contributed by atoms with E-state index < -0.39 is 10.8 Å². The average molecular weight is 1150 g/mol. The molecule has 0 unspecified atom stereocenters. The third-order valence-electron chi connectivity index (χ3n) is 20.1. The Hall–Kier alpha value is -9.12. The minimum atomic E-state index is -0.907. The number of hydrogen-bond acceptors (Lipinski definition) is 4. The number of furan rings is 1. The highest BCUT2D eigenvalue weighted by molar-refractivity contribution is 6.12. The minimum absolute atomic E-state index is 0.0576. The van der Waals surface area contributed by atoms with Gasteiger partial charge in [0.25, 0.3) is 0 Å². The first-order valence-electron chi connectivity index (χ1n) is 31.8. The van der Waals surface area contributed by atoms with Crippen molar-refractivity contribution < 1.29 is 9.52 Å². The molecule has 1 N–H and O–H groups in total. The predicted octanol–water partition coefficient (Wildman–Crippen LogP) is 23.3. The van der Waals surface area contributed by atoms with Gasteiger partial charge in [-0.2, -0.15) is 0 Å². The van der Waals surface area contributed by atoms with Crippen LogP contribution in [-0.4, -0.2) is 5.11 Å². The van der Waals surface area contributed by atoms with Gasteiger partial charge in [0.15, 0.2) is 5.58 Å². The van der Waals surface area contributed by atoms with Gasteiger partial charge in [0.05, 0.1) is 28.2 Å². The number of nitrogens with zero attached hydrogens (tertiary/aromatic N) is 2. The molecular formula is C84H80N2O2. The van der Waals surface area contributed by atoms with Crippen molar-refractivity contribution in [1.82, 2.24) is 0 Å². The molecule has 4 heteroatoms. The lowest BCUT2D eigenvalue weighted by Crippen LogP contribution is -2.33. The molecule has 0 fully saturated rings. The Morgan fingerprint density at radius 1 is 0.534 bits per heavy atom. The standard InChI is InChI=1S/C82H74N2O2.C2H6/c1-13-68(49(2)85)83(52-41-37-50(38-42-52)78(3,4)5)70-47-66-60(75-73(70)58-28-16-19-31-62(58)80(75,9)10)45-46-61-67(82(66)64-33-21-14-25-54(64)55-26-15-22-34-65(55)82)48-71(74-59-29-17-20-32-63(59)81(11,12)76(61)74)84(53-43-39-51(40-44-53)79(6,7)8)69-35-24-30-57-56-27-18-23-36-72(56)86-77(57)69;1-2/h13-19,21-31,33-48,85H,1,20,32H2,2-12H3;1-2H3/b68-49-;. The highest BCUT2D eigenvalue weighted by Crippen LogP contribution is 2.67. The Bertz CT molecular complexity index is 4640. The first kappa shape index (κ1) is 56.7. The lowest BCUT2D eigenvalue weighted by atomic mass is 9.63. The quantitative estimate of drug-likeness (QED) is 0.128. The summed E-state index contributed by atoms with van der Waals surface area (Å²) in [7, 11) is 0. The van der Waals surface area contributed by atoms with E-state index >= 15 is 0 Å². The first-order chi connectivity index (χ1) is 42.3. The molecule has 0 radical (unpaired) electrons. The molecular weight excluding hydrogens is 1070 g/mol. The van der Waals surface area contributed by atoms with Crippen LogP contribution in [-0.2, 0) is 27.1 Å². The number of hydrogen-bond donors (Lipinski definition) is 1. The van der Waals surface area contributed by atoms with Gasteiger partial charge < -0.3 is 19.3 Å². The van der Waals surface area contributed by atoms with E-state index in [-0.39, 0.29) is 22.0 Å². The second-order valence-electron chi connectivity index (χ2n) is 27.7. The van der Waals surface area contributed by atoms with Gasteiger partial charge in [-0.05, 0) is 169 Å². The van der Waals surface area contributed by atoms with E-state index in [1.165, 1.54) is 94.6 Å². The molecule has 10 aromatic rings. The summed E-state index contributed by atoms with van der Waals surface area (Å²) < 4.78 is 7.13. The Morgan fingerprint density at radius 2 is 1.06 bits per heavy atom. The Balaban J connectivity index is 0.00000337. The van der Waals surface area contributed by atoms with Crippen LogP contribution in [0.5, 0.6) is 0 Å². The van der Waals surface area contributed by atoms with E-state index in [0.29, 0.717) is 5.70 Å². The van der Waals surface area contributed by atoms with Crippen LogP contribution in [0, 0.1) is 0 Å². The monoisotopic (exact) mass is 1150 g/mol. The van der Waals surface area contributed by atoms with E-state index in [9.17, 15) is 5.11 Å². The van der Waals surface area contributed by atoms with E-state index in [0.717, 1.165) is 68.8 Å². The first-order valence-corrected chi connectivity index (χ1v) is 31.8. The molecule has 88 heavy (non-hydrogen) atoms. The van der Waals surface area contributed by atoms with Crippen LogP contribution in [0.25, 0.3) is 61.9 Å². The highest BCUT2D eigenvalue weighted by atomic mass is 16.3. The third kappa shape index (κ3) is 8.02. The Morgan fingerprint density at radius 3 is 1.65 bits per heavy atom. The number of anilines is 5. The molecule has 0 amide bonds. The number of aliphatic hydroxyl groups excluding tert-OH is 1. The van der Waals surface area contributed by atoms with Crippen LogP contribution in [0.3, 0.4) is 0 Å². The average Bonchev–Trinajstić information content (AvgIpc) is 1.35.